The highest BCUT2D eigenvalue weighted by atomic mass is 16.5. The lowest BCUT2D eigenvalue weighted by molar-refractivity contribution is -0.202. The van der Waals surface area contributed by atoms with Crippen molar-refractivity contribution in [1.29, 1.82) is 0 Å². The van der Waals surface area contributed by atoms with Gasteiger partial charge in [0.25, 0.3) is 0 Å². The van der Waals surface area contributed by atoms with Crippen LogP contribution in [0.3, 0.4) is 0 Å². The Hall–Kier alpha value is -0.340. The van der Waals surface area contributed by atoms with Gasteiger partial charge in [0, 0.05) is 5.92 Å². The average Bonchev–Trinajstić information content (AvgIpc) is 2.78. The fourth-order valence-corrected chi connectivity index (χ4v) is 4.42. The van der Waals surface area contributed by atoms with Crippen LogP contribution in [-0.2, 0) is 4.74 Å². The van der Waals surface area contributed by atoms with Crippen molar-refractivity contribution in [2.24, 2.45) is 11.8 Å². The van der Waals surface area contributed by atoms with Crippen molar-refractivity contribution in [3.05, 3.63) is 11.1 Å². The number of aliphatic hydroxyl groups excluding tert-OH is 1. The normalized spacial score (nSPS) is 49.1. The van der Waals surface area contributed by atoms with Gasteiger partial charge in [-0.15, -0.1) is 0 Å². The Balaban J connectivity index is 2.11. The van der Waals surface area contributed by atoms with Crippen LogP contribution in [0.25, 0.3) is 0 Å². The average molecular weight is 236 g/mol. The van der Waals surface area contributed by atoms with E-state index in [1.54, 1.807) is 0 Å². The molecular formula is C15H24O2. The SMILES string of the molecule is CC1=C2[C@@H](CC1)[C@@]1(C)CC[C@](C(C)C)(O1)[C@H]2O. The third kappa shape index (κ3) is 1.29. The summed E-state index contributed by atoms with van der Waals surface area (Å²) in [5, 5.41) is 10.8. The standard InChI is InChI=1S/C15H24O2/c1-9(2)15-8-7-14(4,17-15)11-6-5-10(3)12(11)13(15)16/h9,11,13,16H,5-8H2,1-4H3/t11-,13+,14-,15-/m1/s1. The fraction of sp³-hybridized carbons (Fsp3) is 0.867. The van der Waals surface area contributed by atoms with Gasteiger partial charge >= 0.3 is 0 Å². The summed E-state index contributed by atoms with van der Waals surface area (Å²) in [6, 6.07) is 0. The van der Waals surface area contributed by atoms with Crippen LogP contribution >= 0.6 is 0 Å². The fourth-order valence-electron chi connectivity index (χ4n) is 4.42. The molecule has 2 aliphatic heterocycles. The van der Waals surface area contributed by atoms with Gasteiger partial charge in [0.1, 0.15) is 11.7 Å². The second kappa shape index (κ2) is 3.36. The van der Waals surface area contributed by atoms with Gasteiger partial charge in [-0.1, -0.05) is 19.4 Å². The highest BCUT2D eigenvalue weighted by molar-refractivity contribution is 5.35. The first-order chi connectivity index (χ1) is 7.91. The highest BCUT2D eigenvalue weighted by Gasteiger charge is 2.63. The minimum atomic E-state index is -0.370. The van der Waals surface area contributed by atoms with Crippen molar-refractivity contribution in [2.45, 2.75) is 70.7 Å². The summed E-state index contributed by atoms with van der Waals surface area (Å²) in [6.45, 7) is 8.81. The Bertz CT molecular complexity index is 384. The number of hydrogen-bond acceptors (Lipinski definition) is 2. The van der Waals surface area contributed by atoms with Gasteiger partial charge in [-0.3, -0.25) is 0 Å². The Labute approximate surface area is 104 Å². The molecule has 0 amide bonds. The van der Waals surface area contributed by atoms with Crippen molar-refractivity contribution in [3.8, 4) is 0 Å². The first-order valence-corrected chi connectivity index (χ1v) is 6.98. The highest BCUT2D eigenvalue weighted by Crippen LogP contribution is 2.59. The van der Waals surface area contributed by atoms with E-state index >= 15 is 0 Å². The summed E-state index contributed by atoms with van der Waals surface area (Å²) in [5.74, 6) is 0.841. The summed E-state index contributed by atoms with van der Waals surface area (Å²) in [6.07, 6.45) is 4.05. The molecule has 0 aromatic rings. The summed E-state index contributed by atoms with van der Waals surface area (Å²) in [7, 11) is 0. The number of allylic oxidation sites excluding steroid dienone is 1. The van der Waals surface area contributed by atoms with Gasteiger partial charge in [0.05, 0.1) is 5.60 Å². The number of ether oxygens (including phenoxy) is 1. The zero-order valence-corrected chi connectivity index (χ0v) is 11.4. The van der Waals surface area contributed by atoms with Crippen LogP contribution in [0.2, 0.25) is 0 Å². The molecule has 0 aromatic heterocycles. The van der Waals surface area contributed by atoms with E-state index in [2.05, 4.69) is 27.7 Å². The second-order valence-electron chi connectivity index (χ2n) is 6.75. The Morgan fingerprint density at radius 1 is 1.35 bits per heavy atom. The van der Waals surface area contributed by atoms with Crippen molar-refractivity contribution in [2.75, 3.05) is 0 Å². The molecule has 96 valence electrons. The Morgan fingerprint density at radius 2 is 2.06 bits per heavy atom. The molecule has 0 unspecified atom stereocenters. The molecule has 17 heavy (non-hydrogen) atoms. The Kier molecular flexibility index (Phi) is 2.32. The van der Waals surface area contributed by atoms with Gasteiger partial charge in [-0.05, 0) is 51.0 Å². The van der Waals surface area contributed by atoms with Gasteiger partial charge in [0.15, 0.2) is 0 Å². The topological polar surface area (TPSA) is 29.5 Å². The molecule has 0 saturated carbocycles. The van der Waals surface area contributed by atoms with Crippen LogP contribution < -0.4 is 0 Å². The minimum absolute atomic E-state index is 0.0173. The number of fused-ring (bicyclic) bond motifs is 4. The third-order valence-electron chi connectivity index (χ3n) is 5.58. The summed E-state index contributed by atoms with van der Waals surface area (Å²) in [5.41, 5.74) is 2.41. The van der Waals surface area contributed by atoms with E-state index in [1.807, 2.05) is 0 Å². The quantitative estimate of drug-likeness (QED) is 0.709. The summed E-state index contributed by atoms with van der Waals surface area (Å²) < 4.78 is 6.42. The van der Waals surface area contributed by atoms with E-state index in [9.17, 15) is 5.11 Å². The van der Waals surface area contributed by atoms with Gasteiger partial charge in [-0.2, -0.15) is 0 Å². The summed E-state index contributed by atoms with van der Waals surface area (Å²) >= 11 is 0. The molecule has 2 bridgehead atoms. The predicted octanol–water partition coefficient (Wildman–Crippen LogP) is 3.05. The van der Waals surface area contributed by atoms with E-state index in [-0.39, 0.29) is 17.3 Å². The smallest absolute Gasteiger partial charge is 0.105 e. The maximum atomic E-state index is 10.8. The zero-order chi connectivity index (χ0) is 12.4. The molecule has 3 rings (SSSR count). The zero-order valence-electron chi connectivity index (χ0n) is 11.4. The first kappa shape index (κ1) is 11.7. The molecule has 0 spiro atoms. The van der Waals surface area contributed by atoms with Crippen LogP contribution in [0, 0.1) is 11.8 Å². The minimum Gasteiger partial charge on any atom is -0.386 e. The molecule has 2 nitrogen and oxygen atoms in total. The van der Waals surface area contributed by atoms with E-state index in [0.717, 1.165) is 19.3 Å². The van der Waals surface area contributed by atoms with Gasteiger partial charge in [-0.25, -0.2) is 0 Å². The summed E-state index contributed by atoms with van der Waals surface area (Å²) in [4.78, 5) is 0. The van der Waals surface area contributed by atoms with Crippen molar-refractivity contribution in [3.63, 3.8) is 0 Å². The molecule has 4 atom stereocenters. The lowest BCUT2D eigenvalue weighted by atomic mass is 9.74. The predicted molar refractivity (Wildman–Crippen MR) is 67.7 cm³/mol. The van der Waals surface area contributed by atoms with E-state index in [4.69, 9.17) is 4.74 Å². The molecule has 0 radical (unpaired) electrons. The maximum absolute atomic E-state index is 10.8. The molecule has 2 saturated heterocycles. The van der Waals surface area contributed by atoms with Gasteiger partial charge < -0.3 is 9.84 Å². The van der Waals surface area contributed by atoms with Crippen LogP contribution in [-0.4, -0.2) is 22.4 Å². The molecule has 2 fully saturated rings. The van der Waals surface area contributed by atoms with E-state index < -0.39 is 0 Å². The molecule has 1 aliphatic carbocycles. The van der Waals surface area contributed by atoms with Crippen molar-refractivity contribution >= 4 is 0 Å². The molecule has 2 heteroatoms. The maximum Gasteiger partial charge on any atom is 0.105 e. The van der Waals surface area contributed by atoms with E-state index in [1.165, 1.54) is 17.6 Å². The molecule has 2 heterocycles. The largest absolute Gasteiger partial charge is 0.386 e. The number of rotatable bonds is 1. The molecule has 1 N–H and O–H groups in total. The van der Waals surface area contributed by atoms with Gasteiger partial charge in [0.2, 0.25) is 0 Å². The van der Waals surface area contributed by atoms with Crippen LogP contribution in [0.15, 0.2) is 11.1 Å². The first-order valence-electron chi connectivity index (χ1n) is 6.98. The van der Waals surface area contributed by atoms with E-state index in [0.29, 0.717) is 11.8 Å². The monoisotopic (exact) mass is 236 g/mol. The van der Waals surface area contributed by atoms with Crippen molar-refractivity contribution < 1.29 is 9.84 Å². The molecule has 3 aliphatic rings. The number of aliphatic hydroxyl groups is 1. The van der Waals surface area contributed by atoms with Crippen LogP contribution in [0.4, 0.5) is 0 Å². The lowest BCUT2D eigenvalue weighted by Gasteiger charge is -2.49. The number of hydrogen-bond donors (Lipinski definition) is 1. The van der Waals surface area contributed by atoms with Crippen LogP contribution in [0.1, 0.15) is 53.4 Å². The third-order valence-corrected chi connectivity index (χ3v) is 5.58. The Morgan fingerprint density at radius 3 is 2.71 bits per heavy atom. The molecular weight excluding hydrogens is 212 g/mol. The molecule has 0 aromatic carbocycles. The van der Waals surface area contributed by atoms with Crippen LogP contribution in [0.5, 0.6) is 0 Å². The van der Waals surface area contributed by atoms with Crippen molar-refractivity contribution in [1.82, 2.24) is 0 Å². The lowest BCUT2D eigenvalue weighted by Crippen LogP contribution is -2.56. The second-order valence-corrected chi connectivity index (χ2v) is 6.75.